The molecular weight excluding hydrogens is 284 g/mol. The number of nitrogens with zero attached hydrogens (tertiary/aromatic N) is 1. The molecule has 0 fully saturated rings. The molecule has 4 heteroatoms. The van der Waals surface area contributed by atoms with Crippen LogP contribution in [-0.2, 0) is 13.0 Å². The molecule has 3 rings (SSSR count). The van der Waals surface area contributed by atoms with Gasteiger partial charge in [0.15, 0.2) is 5.15 Å². The number of hydrogen-bond acceptors (Lipinski definition) is 3. The van der Waals surface area contributed by atoms with Crippen molar-refractivity contribution in [3.63, 3.8) is 0 Å². The van der Waals surface area contributed by atoms with Gasteiger partial charge in [-0.3, -0.25) is 0 Å². The van der Waals surface area contributed by atoms with Crippen LogP contribution in [0.3, 0.4) is 0 Å². The fraction of sp³-hybridized carbons (Fsp3) is 0.353. The highest BCUT2D eigenvalue weighted by atomic mass is 35.5. The fourth-order valence-electron chi connectivity index (χ4n) is 2.69. The lowest BCUT2D eigenvalue weighted by atomic mass is 10.0. The summed E-state index contributed by atoms with van der Waals surface area (Å²) in [6, 6.07) is 8.30. The molecule has 110 valence electrons. The van der Waals surface area contributed by atoms with E-state index in [9.17, 15) is 0 Å². The molecule has 0 amide bonds. The predicted molar refractivity (Wildman–Crippen MR) is 86.2 cm³/mol. The molecule has 0 saturated carbocycles. The minimum atomic E-state index is -0.124. The maximum atomic E-state index is 6.12. The SMILES string of the molecule is Cc1cnc(Cl)c(NCc2cccc3c2OC(C)(C)C3)c1. The summed E-state index contributed by atoms with van der Waals surface area (Å²) in [4.78, 5) is 4.16. The van der Waals surface area contributed by atoms with Gasteiger partial charge in [-0.2, -0.15) is 0 Å². The Hall–Kier alpha value is -1.74. The molecule has 1 aromatic heterocycles. The van der Waals surface area contributed by atoms with Gasteiger partial charge in [0.1, 0.15) is 11.4 Å². The van der Waals surface area contributed by atoms with Gasteiger partial charge < -0.3 is 10.1 Å². The summed E-state index contributed by atoms with van der Waals surface area (Å²) in [5.74, 6) is 1.01. The number of fused-ring (bicyclic) bond motifs is 1. The van der Waals surface area contributed by atoms with Crippen molar-refractivity contribution in [1.82, 2.24) is 4.98 Å². The third-order valence-electron chi connectivity index (χ3n) is 3.62. The van der Waals surface area contributed by atoms with Gasteiger partial charge in [0.2, 0.25) is 0 Å². The zero-order chi connectivity index (χ0) is 15.0. The van der Waals surface area contributed by atoms with Crippen LogP contribution in [0.5, 0.6) is 5.75 Å². The van der Waals surface area contributed by atoms with E-state index in [-0.39, 0.29) is 5.60 Å². The van der Waals surface area contributed by atoms with Gasteiger partial charge >= 0.3 is 0 Å². The van der Waals surface area contributed by atoms with Gasteiger partial charge in [-0.05, 0) is 38.0 Å². The zero-order valence-corrected chi connectivity index (χ0v) is 13.3. The standard InChI is InChI=1S/C17H19ClN2O/c1-11-7-14(16(18)20-9-11)19-10-13-6-4-5-12-8-17(2,3)21-15(12)13/h4-7,9,19H,8,10H2,1-3H3. The van der Waals surface area contributed by atoms with Crippen LogP contribution in [0.2, 0.25) is 5.15 Å². The highest BCUT2D eigenvalue weighted by molar-refractivity contribution is 6.31. The van der Waals surface area contributed by atoms with Gasteiger partial charge in [-0.1, -0.05) is 29.8 Å². The largest absolute Gasteiger partial charge is 0.487 e. The molecule has 0 spiro atoms. The minimum Gasteiger partial charge on any atom is -0.487 e. The monoisotopic (exact) mass is 302 g/mol. The van der Waals surface area contributed by atoms with Crippen molar-refractivity contribution in [2.45, 2.75) is 39.3 Å². The van der Waals surface area contributed by atoms with Gasteiger partial charge in [-0.25, -0.2) is 4.98 Å². The van der Waals surface area contributed by atoms with E-state index in [1.54, 1.807) is 6.20 Å². The van der Waals surface area contributed by atoms with E-state index >= 15 is 0 Å². The van der Waals surface area contributed by atoms with Crippen molar-refractivity contribution in [2.24, 2.45) is 0 Å². The highest BCUT2D eigenvalue weighted by Gasteiger charge is 2.31. The average molecular weight is 303 g/mol. The maximum absolute atomic E-state index is 6.12. The van der Waals surface area contributed by atoms with Crippen LogP contribution < -0.4 is 10.1 Å². The van der Waals surface area contributed by atoms with E-state index in [1.165, 1.54) is 5.56 Å². The first-order valence-corrected chi connectivity index (χ1v) is 7.48. The van der Waals surface area contributed by atoms with Gasteiger partial charge in [-0.15, -0.1) is 0 Å². The van der Waals surface area contributed by atoms with E-state index in [2.05, 4.69) is 42.3 Å². The fourth-order valence-corrected chi connectivity index (χ4v) is 2.86. The van der Waals surface area contributed by atoms with Gasteiger partial charge in [0.25, 0.3) is 0 Å². The Morgan fingerprint density at radius 1 is 1.38 bits per heavy atom. The Bertz CT molecular complexity index is 682. The van der Waals surface area contributed by atoms with Crippen molar-refractivity contribution >= 4 is 17.3 Å². The van der Waals surface area contributed by atoms with Crippen molar-refractivity contribution in [3.8, 4) is 5.75 Å². The van der Waals surface area contributed by atoms with Gasteiger partial charge in [0.05, 0.1) is 5.69 Å². The molecule has 3 nitrogen and oxygen atoms in total. The van der Waals surface area contributed by atoms with E-state index in [0.29, 0.717) is 11.7 Å². The van der Waals surface area contributed by atoms with E-state index in [0.717, 1.165) is 29.0 Å². The second kappa shape index (κ2) is 5.23. The summed E-state index contributed by atoms with van der Waals surface area (Å²) in [6.45, 7) is 6.90. The number of aryl methyl sites for hydroxylation is 1. The number of ether oxygens (including phenoxy) is 1. The van der Waals surface area contributed by atoms with Crippen molar-refractivity contribution in [2.75, 3.05) is 5.32 Å². The Morgan fingerprint density at radius 2 is 2.19 bits per heavy atom. The molecule has 0 radical (unpaired) electrons. The summed E-state index contributed by atoms with van der Waals surface area (Å²) in [5.41, 5.74) is 4.23. The zero-order valence-electron chi connectivity index (χ0n) is 12.5. The van der Waals surface area contributed by atoms with Crippen molar-refractivity contribution in [3.05, 3.63) is 52.3 Å². The number of benzene rings is 1. The molecule has 1 aromatic carbocycles. The van der Waals surface area contributed by atoms with Crippen LogP contribution >= 0.6 is 11.6 Å². The number of para-hydroxylation sites is 1. The smallest absolute Gasteiger partial charge is 0.152 e. The summed E-state index contributed by atoms with van der Waals surface area (Å²) in [7, 11) is 0. The van der Waals surface area contributed by atoms with E-state index < -0.39 is 0 Å². The molecule has 2 aromatic rings. The number of hydrogen-bond donors (Lipinski definition) is 1. The molecule has 1 aliphatic heterocycles. The molecule has 0 saturated heterocycles. The Kier molecular flexibility index (Phi) is 3.54. The lowest BCUT2D eigenvalue weighted by Gasteiger charge is -2.18. The Balaban J connectivity index is 1.81. The molecule has 1 N–H and O–H groups in total. The predicted octanol–water partition coefficient (Wildman–Crippen LogP) is 4.37. The quantitative estimate of drug-likeness (QED) is 0.855. The third-order valence-corrected chi connectivity index (χ3v) is 3.92. The lowest BCUT2D eigenvalue weighted by Crippen LogP contribution is -2.25. The second-order valence-corrected chi connectivity index (χ2v) is 6.51. The van der Waals surface area contributed by atoms with E-state index in [1.807, 2.05) is 13.0 Å². The third kappa shape index (κ3) is 2.98. The first-order chi connectivity index (χ1) is 9.94. The lowest BCUT2D eigenvalue weighted by molar-refractivity contribution is 0.137. The van der Waals surface area contributed by atoms with Crippen LogP contribution in [0, 0.1) is 6.92 Å². The second-order valence-electron chi connectivity index (χ2n) is 6.15. The minimum absolute atomic E-state index is 0.124. The summed E-state index contributed by atoms with van der Waals surface area (Å²) < 4.78 is 6.08. The first-order valence-electron chi connectivity index (χ1n) is 7.10. The maximum Gasteiger partial charge on any atom is 0.152 e. The van der Waals surface area contributed by atoms with Crippen LogP contribution in [0.4, 0.5) is 5.69 Å². The Labute approximate surface area is 130 Å². The van der Waals surface area contributed by atoms with E-state index in [4.69, 9.17) is 16.3 Å². The summed E-state index contributed by atoms with van der Waals surface area (Å²) >= 11 is 6.12. The molecule has 2 heterocycles. The number of halogens is 1. The average Bonchev–Trinajstić information content (AvgIpc) is 2.74. The summed E-state index contributed by atoms with van der Waals surface area (Å²) in [5, 5.41) is 3.85. The molecule has 0 unspecified atom stereocenters. The molecule has 0 bridgehead atoms. The van der Waals surface area contributed by atoms with Crippen LogP contribution in [-0.4, -0.2) is 10.6 Å². The molecule has 1 aliphatic rings. The molecular formula is C17H19ClN2O. The molecule has 21 heavy (non-hydrogen) atoms. The molecule has 0 atom stereocenters. The topological polar surface area (TPSA) is 34.2 Å². The van der Waals surface area contributed by atoms with Crippen LogP contribution in [0.25, 0.3) is 0 Å². The number of aromatic nitrogens is 1. The normalized spacial score (nSPS) is 15.4. The van der Waals surface area contributed by atoms with Crippen LogP contribution in [0.1, 0.15) is 30.5 Å². The summed E-state index contributed by atoms with van der Waals surface area (Å²) in [6.07, 6.45) is 2.71. The number of rotatable bonds is 3. The highest BCUT2D eigenvalue weighted by Crippen LogP contribution is 2.37. The number of pyridine rings is 1. The molecule has 0 aliphatic carbocycles. The number of nitrogens with one attached hydrogen (secondary N) is 1. The van der Waals surface area contributed by atoms with Crippen molar-refractivity contribution < 1.29 is 4.74 Å². The number of anilines is 1. The van der Waals surface area contributed by atoms with Crippen LogP contribution in [0.15, 0.2) is 30.5 Å². The van der Waals surface area contributed by atoms with Gasteiger partial charge in [0, 0.05) is 24.7 Å². The van der Waals surface area contributed by atoms with Crippen molar-refractivity contribution in [1.29, 1.82) is 0 Å². The first kappa shape index (κ1) is 14.2. The Morgan fingerprint density at radius 3 is 3.00 bits per heavy atom.